The molecule has 0 bridgehead atoms. The maximum Gasteiger partial charge on any atom is 0.410 e. The Morgan fingerprint density at radius 3 is 2.54 bits per heavy atom. The zero-order valence-corrected chi connectivity index (χ0v) is 16.6. The normalized spacial score (nSPS) is 18.5. The van der Waals surface area contributed by atoms with Crippen molar-refractivity contribution in [3.05, 3.63) is 33.3 Å². The van der Waals surface area contributed by atoms with Crippen LogP contribution in [0.25, 0.3) is 0 Å². The van der Waals surface area contributed by atoms with E-state index in [1.165, 1.54) is 0 Å². The number of carbonyl (C=O) groups is 2. The number of amides is 2. The fraction of sp³-hybridized carbons (Fsp3) is 0.529. The zero-order chi connectivity index (χ0) is 18.1. The Bertz CT molecular complexity index is 645. The van der Waals surface area contributed by atoms with Crippen molar-refractivity contribution < 1.29 is 14.3 Å². The van der Waals surface area contributed by atoms with Crippen molar-refractivity contribution in [1.82, 2.24) is 9.80 Å². The Morgan fingerprint density at radius 2 is 1.96 bits per heavy atom. The van der Waals surface area contributed by atoms with Gasteiger partial charge in [0.2, 0.25) is 0 Å². The first-order valence-electron chi connectivity index (χ1n) is 7.83. The molecule has 1 fully saturated rings. The molecule has 1 aromatic carbocycles. The minimum absolute atomic E-state index is 0.0966. The van der Waals surface area contributed by atoms with E-state index in [4.69, 9.17) is 16.3 Å². The molecule has 1 unspecified atom stereocenters. The molecule has 1 aliphatic rings. The van der Waals surface area contributed by atoms with Gasteiger partial charge in [-0.15, -0.1) is 0 Å². The average molecular weight is 418 g/mol. The number of halogens is 2. The fourth-order valence-corrected chi connectivity index (χ4v) is 3.18. The summed E-state index contributed by atoms with van der Waals surface area (Å²) in [5.74, 6) is -0.0966. The third-order valence-electron chi connectivity index (χ3n) is 3.72. The SMILES string of the molecule is CC1CN(C(=O)OC(C)(C)C)CCN1C(=O)c1cccc(Cl)c1Br. The Morgan fingerprint density at radius 1 is 1.29 bits per heavy atom. The lowest BCUT2D eigenvalue weighted by Gasteiger charge is -2.40. The van der Waals surface area contributed by atoms with Gasteiger partial charge in [0.15, 0.2) is 0 Å². The molecule has 1 heterocycles. The molecule has 1 atom stereocenters. The number of hydrogen-bond acceptors (Lipinski definition) is 3. The van der Waals surface area contributed by atoms with Crippen LogP contribution in [0.4, 0.5) is 4.79 Å². The van der Waals surface area contributed by atoms with E-state index in [1.807, 2.05) is 27.7 Å². The van der Waals surface area contributed by atoms with Gasteiger partial charge in [0, 0.05) is 30.1 Å². The Kier molecular flexibility index (Phi) is 5.81. The van der Waals surface area contributed by atoms with E-state index < -0.39 is 5.60 Å². The maximum atomic E-state index is 12.8. The summed E-state index contributed by atoms with van der Waals surface area (Å²) >= 11 is 9.44. The van der Waals surface area contributed by atoms with E-state index in [9.17, 15) is 9.59 Å². The van der Waals surface area contributed by atoms with E-state index >= 15 is 0 Å². The minimum atomic E-state index is -0.529. The van der Waals surface area contributed by atoms with Gasteiger partial charge in [-0.05, 0) is 55.8 Å². The summed E-state index contributed by atoms with van der Waals surface area (Å²) in [4.78, 5) is 28.4. The monoisotopic (exact) mass is 416 g/mol. The van der Waals surface area contributed by atoms with Gasteiger partial charge in [0.1, 0.15) is 5.60 Å². The van der Waals surface area contributed by atoms with Crippen molar-refractivity contribution in [2.24, 2.45) is 0 Å². The molecule has 2 rings (SSSR count). The molecular weight excluding hydrogens is 396 g/mol. The summed E-state index contributed by atoms with van der Waals surface area (Å²) in [6.45, 7) is 8.79. The van der Waals surface area contributed by atoms with Gasteiger partial charge in [-0.2, -0.15) is 0 Å². The van der Waals surface area contributed by atoms with Crippen LogP contribution in [0.1, 0.15) is 38.1 Å². The summed E-state index contributed by atoms with van der Waals surface area (Å²) in [5.41, 5.74) is -0.00100. The Balaban J connectivity index is 2.07. The summed E-state index contributed by atoms with van der Waals surface area (Å²) in [7, 11) is 0. The summed E-state index contributed by atoms with van der Waals surface area (Å²) < 4.78 is 6.00. The minimum Gasteiger partial charge on any atom is -0.444 e. The smallest absolute Gasteiger partial charge is 0.410 e. The van der Waals surface area contributed by atoms with Crippen molar-refractivity contribution in [3.8, 4) is 0 Å². The molecule has 0 saturated carbocycles. The molecule has 0 N–H and O–H groups in total. The molecule has 7 heteroatoms. The quantitative estimate of drug-likeness (QED) is 0.688. The van der Waals surface area contributed by atoms with Gasteiger partial charge < -0.3 is 14.5 Å². The van der Waals surface area contributed by atoms with E-state index in [2.05, 4.69) is 15.9 Å². The van der Waals surface area contributed by atoms with Crippen LogP contribution in [0.15, 0.2) is 22.7 Å². The number of carbonyl (C=O) groups excluding carboxylic acids is 2. The van der Waals surface area contributed by atoms with E-state index in [1.54, 1.807) is 28.0 Å². The highest BCUT2D eigenvalue weighted by Crippen LogP contribution is 2.28. The van der Waals surface area contributed by atoms with Crippen molar-refractivity contribution in [2.75, 3.05) is 19.6 Å². The number of ether oxygens (including phenoxy) is 1. The van der Waals surface area contributed by atoms with Crippen molar-refractivity contribution >= 4 is 39.5 Å². The topological polar surface area (TPSA) is 49.9 Å². The lowest BCUT2D eigenvalue weighted by Crippen LogP contribution is -2.56. The highest BCUT2D eigenvalue weighted by Gasteiger charge is 2.33. The maximum absolute atomic E-state index is 12.8. The predicted octanol–water partition coefficient (Wildman–Crippen LogP) is 4.18. The second-order valence-electron chi connectivity index (χ2n) is 6.88. The number of piperazine rings is 1. The Labute approximate surface area is 156 Å². The fourth-order valence-electron chi connectivity index (χ4n) is 2.58. The zero-order valence-electron chi connectivity index (χ0n) is 14.3. The molecule has 1 saturated heterocycles. The molecule has 5 nitrogen and oxygen atoms in total. The van der Waals surface area contributed by atoms with Crippen LogP contribution >= 0.6 is 27.5 Å². The summed E-state index contributed by atoms with van der Waals surface area (Å²) in [6, 6.07) is 5.11. The van der Waals surface area contributed by atoms with Gasteiger partial charge >= 0.3 is 6.09 Å². The molecule has 0 aliphatic carbocycles. The molecule has 0 spiro atoms. The number of rotatable bonds is 1. The first-order chi connectivity index (χ1) is 11.1. The molecular formula is C17H22BrClN2O3. The molecule has 0 radical (unpaired) electrons. The lowest BCUT2D eigenvalue weighted by atomic mass is 10.1. The second-order valence-corrected chi connectivity index (χ2v) is 8.08. The third-order valence-corrected chi connectivity index (χ3v) is 5.12. The van der Waals surface area contributed by atoms with Gasteiger partial charge in [-0.25, -0.2) is 4.79 Å². The lowest BCUT2D eigenvalue weighted by molar-refractivity contribution is 0.00615. The predicted molar refractivity (Wildman–Crippen MR) is 97.5 cm³/mol. The van der Waals surface area contributed by atoms with Crippen molar-refractivity contribution in [3.63, 3.8) is 0 Å². The van der Waals surface area contributed by atoms with Gasteiger partial charge in [-0.3, -0.25) is 4.79 Å². The average Bonchev–Trinajstić information content (AvgIpc) is 2.47. The largest absolute Gasteiger partial charge is 0.444 e. The molecule has 132 valence electrons. The van der Waals surface area contributed by atoms with Gasteiger partial charge in [0.25, 0.3) is 5.91 Å². The first kappa shape index (κ1) is 19.1. The van der Waals surface area contributed by atoms with Crippen molar-refractivity contribution in [1.29, 1.82) is 0 Å². The number of benzene rings is 1. The van der Waals surface area contributed by atoms with Crippen LogP contribution < -0.4 is 0 Å². The molecule has 1 aromatic rings. The van der Waals surface area contributed by atoms with E-state index in [-0.39, 0.29) is 18.0 Å². The number of hydrogen-bond donors (Lipinski definition) is 0. The highest BCUT2D eigenvalue weighted by molar-refractivity contribution is 9.10. The third kappa shape index (κ3) is 4.42. The molecule has 2 amide bonds. The molecule has 24 heavy (non-hydrogen) atoms. The van der Waals surface area contributed by atoms with Gasteiger partial charge in [0.05, 0.1) is 10.6 Å². The second kappa shape index (κ2) is 7.31. The summed E-state index contributed by atoms with van der Waals surface area (Å²) in [6.07, 6.45) is -0.342. The molecule has 1 aliphatic heterocycles. The van der Waals surface area contributed by atoms with Crippen LogP contribution in [0.2, 0.25) is 5.02 Å². The van der Waals surface area contributed by atoms with Crippen LogP contribution in [0, 0.1) is 0 Å². The Hall–Kier alpha value is -1.27. The molecule has 0 aromatic heterocycles. The van der Waals surface area contributed by atoms with Crippen LogP contribution in [0.5, 0.6) is 0 Å². The summed E-state index contributed by atoms with van der Waals surface area (Å²) in [5, 5.41) is 0.501. The van der Waals surface area contributed by atoms with E-state index in [0.717, 1.165) is 0 Å². The van der Waals surface area contributed by atoms with Crippen molar-refractivity contribution in [2.45, 2.75) is 39.3 Å². The van der Waals surface area contributed by atoms with Gasteiger partial charge in [-0.1, -0.05) is 17.7 Å². The van der Waals surface area contributed by atoms with Crippen LogP contribution in [0.3, 0.4) is 0 Å². The van der Waals surface area contributed by atoms with E-state index in [0.29, 0.717) is 34.7 Å². The first-order valence-corrected chi connectivity index (χ1v) is 9.00. The van der Waals surface area contributed by atoms with Crippen LogP contribution in [-0.2, 0) is 4.74 Å². The van der Waals surface area contributed by atoms with Crippen LogP contribution in [-0.4, -0.2) is 53.1 Å². The highest BCUT2D eigenvalue weighted by atomic mass is 79.9. The standard InChI is InChI=1S/C17H22BrClN2O3/c1-11-10-20(16(23)24-17(2,3)4)8-9-21(11)15(22)12-6-5-7-13(19)14(12)18/h5-7,11H,8-10H2,1-4H3. The number of nitrogens with zero attached hydrogens (tertiary/aromatic N) is 2.